The Morgan fingerprint density at radius 1 is 1.43 bits per heavy atom. The summed E-state index contributed by atoms with van der Waals surface area (Å²) in [5, 5.41) is 18.0. The van der Waals surface area contributed by atoms with E-state index >= 15 is 0 Å². The van der Waals surface area contributed by atoms with Crippen LogP contribution in [0.3, 0.4) is 0 Å². The smallest absolute Gasteiger partial charge is 0.391 e. The number of carbonyl (C=O) groups is 1. The molecule has 2 atom stereocenters. The summed E-state index contributed by atoms with van der Waals surface area (Å²) in [5.41, 5.74) is 0. The number of carbonyl (C=O) groups excluding carboxylic acids is 1. The van der Waals surface area contributed by atoms with Gasteiger partial charge in [-0.05, 0) is 6.92 Å². The molecule has 0 aliphatic heterocycles. The molecule has 7 nitrogen and oxygen atoms in total. The lowest BCUT2D eigenvalue weighted by atomic mass is 10.1. The molecule has 0 fully saturated rings. The van der Waals surface area contributed by atoms with Crippen LogP contribution in [0.25, 0.3) is 0 Å². The van der Waals surface area contributed by atoms with Crippen LogP contribution in [0.15, 0.2) is 0 Å². The fourth-order valence-corrected chi connectivity index (χ4v) is 1.04. The van der Waals surface area contributed by atoms with Crippen molar-refractivity contribution in [3.05, 3.63) is 0 Å². The van der Waals surface area contributed by atoms with Gasteiger partial charge in [0.15, 0.2) is 5.78 Å². The van der Waals surface area contributed by atoms with Gasteiger partial charge < -0.3 is 20.0 Å². The number of aliphatic hydroxyl groups is 2. The van der Waals surface area contributed by atoms with E-state index in [-0.39, 0.29) is 6.42 Å². The molecule has 0 aromatic carbocycles. The number of phosphoric acid groups is 1. The molecule has 84 valence electrons. The first-order valence-electron chi connectivity index (χ1n) is 3.79. The molecule has 0 aromatic rings. The number of hydrogen-bond acceptors (Lipinski definition) is 5. The van der Waals surface area contributed by atoms with Crippen molar-refractivity contribution in [2.45, 2.75) is 25.6 Å². The summed E-state index contributed by atoms with van der Waals surface area (Å²) in [6.45, 7) is 0.510. The van der Waals surface area contributed by atoms with E-state index in [1.165, 1.54) is 0 Å². The van der Waals surface area contributed by atoms with Gasteiger partial charge in [0.25, 0.3) is 0 Å². The molecule has 0 spiro atoms. The third kappa shape index (κ3) is 7.14. The van der Waals surface area contributed by atoms with E-state index in [0.717, 1.165) is 6.92 Å². The lowest BCUT2D eigenvalue weighted by Crippen LogP contribution is -2.26. The van der Waals surface area contributed by atoms with Crippen LogP contribution >= 0.6 is 7.82 Å². The van der Waals surface area contributed by atoms with Gasteiger partial charge in [-0.15, -0.1) is 0 Å². The molecule has 0 rings (SSSR count). The van der Waals surface area contributed by atoms with Crippen molar-refractivity contribution in [1.29, 1.82) is 0 Å². The van der Waals surface area contributed by atoms with Crippen LogP contribution in [-0.4, -0.2) is 44.6 Å². The number of hydrogen-bond donors (Lipinski definition) is 4. The summed E-state index contributed by atoms with van der Waals surface area (Å²) in [7, 11) is -4.61. The van der Waals surface area contributed by atoms with Crippen LogP contribution in [-0.2, 0) is 13.9 Å². The predicted molar refractivity (Wildman–Crippen MR) is 45.3 cm³/mol. The Morgan fingerprint density at radius 2 is 1.93 bits per heavy atom. The molecule has 4 N–H and O–H groups in total. The van der Waals surface area contributed by atoms with E-state index in [4.69, 9.17) is 20.0 Å². The van der Waals surface area contributed by atoms with Crippen LogP contribution in [0.2, 0.25) is 0 Å². The molecule has 0 amide bonds. The minimum absolute atomic E-state index is 0.310. The van der Waals surface area contributed by atoms with Crippen LogP contribution in [0.5, 0.6) is 0 Å². The van der Waals surface area contributed by atoms with Gasteiger partial charge in [-0.25, -0.2) is 4.57 Å². The third-order valence-electron chi connectivity index (χ3n) is 1.40. The van der Waals surface area contributed by atoms with Crippen molar-refractivity contribution < 1.29 is 33.9 Å². The van der Waals surface area contributed by atoms with Gasteiger partial charge in [0.2, 0.25) is 0 Å². The summed E-state index contributed by atoms with van der Waals surface area (Å²) in [6, 6.07) is 0. The Balaban J connectivity index is 3.82. The lowest BCUT2D eigenvalue weighted by Gasteiger charge is -2.13. The van der Waals surface area contributed by atoms with Gasteiger partial charge in [-0.3, -0.25) is 9.32 Å². The van der Waals surface area contributed by atoms with E-state index in [9.17, 15) is 9.36 Å². The van der Waals surface area contributed by atoms with E-state index in [1.807, 2.05) is 0 Å². The van der Waals surface area contributed by atoms with Gasteiger partial charge in [-0.2, -0.15) is 0 Å². The largest absolute Gasteiger partial charge is 0.469 e. The van der Waals surface area contributed by atoms with E-state index < -0.39 is 32.4 Å². The first-order valence-corrected chi connectivity index (χ1v) is 5.32. The monoisotopic (exact) mass is 228 g/mol. The maximum Gasteiger partial charge on any atom is 0.469 e. The summed E-state index contributed by atoms with van der Waals surface area (Å²) in [4.78, 5) is 27.0. The molecular weight excluding hydrogens is 215 g/mol. The number of ketones is 1. The zero-order chi connectivity index (χ0) is 11.4. The average Bonchev–Trinajstić information content (AvgIpc) is 1.99. The standard InChI is InChI=1S/C6H13O7P/c1-4(7)6(9)2-5(8)3-13-14(10,11)12/h5-6,8-9H,2-3H2,1H3,(H2,10,11,12)/t5-,6-/m0/s1. The molecule has 0 unspecified atom stereocenters. The molecule has 0 saturated heterocycles. The zero-order valence-electron chi connectivity index (χ0n) is 7.53. The number of Topliss-reactive ketones (excluding diaryl/α,β-unsaturated/α-hetero) is 1. The molecular formula is C6H13O7P. The van der Waals surface area contributed by atoms with Gasteiger partial charge in [0.1, 0.15) is 6.10 Å². The zero-order valence-corrected chi connectivity index (χ0v) is 8.42. The van der Waals surface area contributed by atoms with Crippen LogP contribution in [0.1, 0.15) is 13.3 Å². The number of rotatable bonds is 6. The molecule has 0 saturated carbocycles. The molecule has 8 heteroatoms. The number of phosphoric ester groups is 1. The first-order chi connectivity index (χ1) is 6.22. The highest BCUT2D eigenvalue weighted by Crippen LogP contribution is 2.35. The van der Waals surface area contributed by atoms with Crippen LogP contribution < -0.4 is 0 Å². The second-order valence-corrected chi connectivity index (χ2v) is 4.04. The van der Waals surface area contributed by atoms with Crippen LogP contribution in [0.4, 0.5) is 0 Å². The van der Waals surface area contributed by atoms with E-state index in [2.05, 4.69) is 4.52 Å². The summed E-state index contributed by atoms with van der Waals surface area (Å²) < 4.78 is 14.2. The van der Waals surface area contributed by atoms with Crippen LogP contribution in [0, 0.1) is 0 Å². The Morgan fingerprint density at radius 3 is 2.29 bits per heavy atom. The molecule has 0 aliphatic rings. The highest BCUT2D eigenvalue weighted by atomic mass is 31.2. The van der Waals surface area contributed by atoms with Gasteiger partial charge in [0, 0.05) is 6.42 Å². The first kappa shape index (κ1) is 13.7. The highest BCUT2D eigenvalue weighted by Gasteiger charge is 2.20. The average molecular weight is 228 g/mol. The van der Waals surface area contributed by atoms with Crippen molar-refractivity contribution in [2.24, 2.45) is 0 Å². The normalized spacial score (nSPS) is 16.4. The minimum Gasteiger partial charge on any atom is -0.391 e. The molecule has 0 heterocycles. The molecule has 0 radical (unpaired) electrons. The quantitative estimate of drug-likeness (QED) is 0.420. The maximum atomic E-state index is 10.5. The maximum absolute atomic E-state index is 10.5. The predicted octanol–water partition coefficient (Wildman–Crippen LogP) is -1.20. The Bertz CT molecular complexity index is 234. The fraction of sp³-hybridized carbons (Fsp3) is 0.833. The Hall–Kier alpha value is -0.300. The Labute approximate surface area is 80.6 Å². The Kier molecular flexibility index (Phi) is 5.43. The third-order valence-corrected chi connectivity index (χ3v) is 1.89. The molecule has 0 bridgehead atoms. The number of aliphatic hydroxyl groups excluding tert-OH is 2. The van der Waals surface area contributed by atoms with Crippen molar-refractivity contribution in [1.82, 2.24) is 0 Å². The lowest BCUT2D eigenvalue weighted by molar-refractivity contribution is -0.126. The minimum atomic E-state index is -4.61. The van der Waals surface area contributed by atoms with Gasteiger partial charge in [0.05, 0.1) is 12.7 Å². The SMILES string of the molecule is CC(=O)[C@@H](O)C[C@H](O)COP(=O)(O)O. The second-order valence-electron chi connectivity index (χ2n) is 2.80. The van der Waals surface area contributed by atoms with E-state index in [1.54, 1.807) is 0 Å². The van der Waals surface area contributed by atoms with E-state index in [0.29, 0.717) is 0 Å². The van der Waals surface area contributed by atoms with Gasteiger partial charge in [-0.1, -0.05) is 0 Å². The molecule has 0 aliphatic carbocycles. The van der Waals surface area contributed by atoms with Crippen molar-refractivity contribution >= 4 is 13.6 Å². The van der Waals surface area contributed by atoms with Gasteiger partial charge >= 0.3 is 7.82 Å². The summed E-state index contributed by atoms with van der Waals surface area (Å²) in [5.74, 6) is -0.528. The topological polar surface area (TPSA) is 124 Å². The summed E-state index contributed by atoms with van der Waals surface area (Å²) >= 11 is 0. The highest BCUT2D eigenvalue weighted by molar-refractivity contribution is 7.46. The van der Waals surface area contributed by atoms with Crippen molar-refractivity contribution in [2.75, 3.05) is 6.61 Å². The molecule has 0 aromatic heterocycles. The summed E-state index contributed by atoms with van der Waals surface area (Å²) in [6.07, 6.45) is -2.94. The fourth-order valence-electron chi connectivity index (χ4n) is 0.675. The van der Waals surface area contributed by atoms with Crippen molar-refractivity contribution in [3.8, 4) is 0 Å². The second kappa shape index (κ2) is 5.55. The molecule has 14 heavy (non-hydrogen) atoms. The van der Waals surface area contributed by atoms with Crippen molar-refractivity contribution in [3.63, 3.8) is 0 Å².